The van der Waals surface area contributed by atoms with E-state index in [1.165, 1.54) is 0 Å². The van der Waals surface area contributed by atoms with Gasteiger partial charge in [0.2, 0.25) is 0 Å². The number of carbonyl (C=O) groups excluding carboxylic acids is 1. The fraction of sp³-hybridized carbons (Fsp3) is 0.192. The SMILES string of the molecule is CN(CC1CC(c2ccncc2)=NO1)C(=O)c1cc2ccccc2n1Cc1ccc(Cl)cc1. The molecule has 0 saturated carbocycles. The van der Waals surface area contributed by atoms with Crippen molar-refractivity contribution in [3.05, 3.63) is 101 Å². The van der Waals surface area contributed by atoms with Crippen LogP contribution in [-0.4, -0.2) is 45.8 Å². The summed E-state index contributed by atoms with van der Waals surface area (Å²) < 4.78 is 2.06. The molecule has 0 bridgehead atoms. The number of para-hydroxylation sites is 1. The first-order chi connectivity index (χ1) is 16.1. The van der Waals surface area contributed by atoms with Crippen LogP contribution >= 0.6 is 11.6 Å². The number of pyridine rings is 1. The monoisotopic (exact) mass is 458 g/mol. The zero-order chi connectivity index (χ0) is 22.8. The molecule has 3 heterocycles. The fourth-order valence-electron chi connectivity index (χ4n) is 4.16. The number of benzene rings is 2. The Balaban J connectivity index is 1.35. The van der Waals surface area contributed by atoms with Crippen LogP contribution in [0.25, 0.3) is 10.9 Å². The van der Waals surface area contributed by atoms with Gasteiger partial charge in [0.1, 0.15) is 5.69 Å². The number of nitrogens with zero attached hydrogens (tertiary/aromatic N) is 4. The lowest BCUT2D eigenvalue weighted by Crippen LogP contribution is -2.35. The van der Waals surface area contributed by atoms with Crippen LogP contribution in [0.3, 0.4) is 0 Å². The lowest BCUT2D eigenvalue weighted by molar-refractivity contribution is 0.0476. The number of oxime groups is 1. The zero-order valence-corrected chi connectivity index (χ0v) is 18.9. The first-order valence-electron chi connectivity index (χ1n) is 10.8. The highest BCUT2D eigenvalue weighted by molar-refractivity contribution is 6.30. The summed E-state index contributed by atoms with van der Waals surface area (Å²) in [5.74, 6) is -0.0545. The number of halogens is 1. The molecule has 7 heteroatoms. The second kappa shape index (κ2) is 9.08. The van der Waals surface area contributed by atoms with Crippen LogP contribution in [0.5, 0.6) is 0 Å². The Morgan fingerprint density at radius 2 is 1.88 bits per heavy atom. The molecule has 0 aliphatic carbocycles. The van der Waals surface area contributed by atoms with E-state index in [2.05, 4.69) is 14.7 Å². The van der Waals surface area contributed by atoms with E-state index in [1.54, 1.807) is 24.3 Å². The standard InChI is InChI=1S/C26H23ClN4O2/c1-30(17-22-15-23(29-33-22)19-10-12-28-13-11-19)26(32)25-14-20-4-2-3-5-24(20)31(25)16-18-6-8-21(27)9-7-18/h2-14,22H,15-17H2,1H3. The smallest absolute Gasteiger partial charge is 0.270 e. The fourth-order valence-corrected chi connectivity index (χ4v) is 4.28. The van der Waals surface area contributed by atoms with E-state index in [0.29, 0.717) is 30.2 Å². The van der Waals surface area contributed by atoms with Gasteiger partial charge in [-0.2, -0.15) is 0 Å². The summed E-state index contributed by atoms with van der Waals surface area (Å²) in [7, 11) is 1.81. The zero-order valence-electron chi connectivity index (χ0n) is 18.2. The number of fused-ring (bicyclic) bond motifs is 1. The highest BCUT2D eigenvalue weighted by Gasteiger charge is 2.27. The van der Waals surface area contributed by atoms with E-state index in [-0.39, 0.29) is 12.0 Å². The van der Waals surface area contributed by atoms with Crippen molar-refractivity contribution in [1.29, 1.82) is 0 Å². The molecule has 4 aromatic rings. The van der Waals surface area contributed by atoms with E-state index < -0.39 is 0 Å². The number of carbonyl (C=O) groups is 1. The highest BCUT2D eigenvalue weighted by atomic mass is 35.5. The van der Waals surface area contributed by atoms with E-state index in [0.717, 1.165) is 27.7 Å². The lowest BCUT2D eigenvalue weighted by atomic mass is 10.1. The number of rotatable bonds is 6. The maximum Gasteiger partial charge on any atom is 0.270 e. The second-order valence-electron chi connectivity index (χ2n) is 8.19. The van der Waals surface area contributed by atoms with Gasteiger partial charge in [-0.15, -0.1) is 0 Å². The van der Waals surface area contributed by atoms with Gasteiger partial charge in [-0.1, -0.05) is 47.1 Å². The molecular weight excluding hydrogens is 436 g/mol. The van der Waals surface area contributed by atoms with Gasteiger partial charge in [0.25, 0.3) is 5.91 Å². The molecule has 1 aliphatic rings. The first-order valence-corrected chi connectivity index (χ1v) is 11.2. The summed E-state index contributed by atoms with van der Waals surface area (Å²) >= 11 is 6.05. The molecule has 6 nitrogen and oxygen atoms in total. The Morgan fingerprint density at radius 1 is 1.12 bits per heavy atom. The van der Waals surface area contributed by atoms with Crippen LogP contribution in [0, 0.1) is 0 Å². The van der Waals surface area contributed by atoms with E-state index in [9.17, 15) is 4.79 Å². The van der Waals surface area contributed by atoms with E-state index >= 15 is 0 Å². The molecule has 2 aromatic carbocycles. The van der Waals surface area contributed by atoms with Crippen LogP contribution in [0.15, 0.2) is 84.3 Å². The highest BCUT2D eigenvalue weighted by Crippen LogP contribution is 2.24. The molecule has 5 rings (SSSR count). The summed E-state index contributed by atoms with van der Waals surface area (Å²) in [5, 5.41) is 5.95. The van der Waals surface area contributed by atoms with Crippen molar-refractivity contribution in [2.45, 2.75) is 19.1 Å². The molecular formula is C26H23ClN4O2. The average Bonchev–Trinajstić information content (AvgIpc) is 3.46. The Kier molecular flexibility index (Phi) is 5.84. The molecule has 0 saturated heterocycles. The third-order valence-corrected chi connectivity index (χ3v) is 6.11. The van der Waals surface area contributed by atoms with Gasteiger partial charge in [0.05, 0.1) is 12.3 Å². The van der Waals surface area contributed by atoms with Gasteiger partial charge in [0, 0.05) is 53.9 Å². The first kappa shape index (κ1) is 21.2. The second-order valence-corrected chi connectivity index (χ2v) is 8.63. The lowest BCUT2D eigenvalue weighted by Gasteiger charge is -2.21. The van der Waals surface area contributed by atoms with Crippen LogP contribution < -0.4 is 0 Å². The van der Waals surface area contributed by atoms with Crippen molar-refractivity contribution < 1.29 is 9.63 Å². The average molecular weight is 459 g/mol. The maximum atomic E-state index is 13.5. The van der Waals surface area contributed by atoms with Crippen molar-refractivity contribution >= 4 is 34.1 Å². The summed E-state index contributed by atoms with van der Waals surface area (Å²) in [6.07, 6.45) is 3.94. The maximum absolute atomic E-state index is 13.5. The molecule has 33 heavy (non-hydrogen) atoms. The van der Waals surface area contributed by atoms with E-state index in [4.69, 9.17) is 16.4 Å². The number of likely N-dealkylation sites (N-methyl/N-ethyl adjacent to an activating group) is 1. The van der Waals surface area contributed by atoms with Gasteiger partial charge in [-0.25, -0.2) is 0 Å². The van der Waals surface area contributed by atoms with Crippen molar-refractivity contribution in [3.63, 3.8) is 0 Å². The van der Waals surface area contributed by atoms with Gasteiger partial charge in [-0.05, 0) is 42.0 Å². The molecule has 0 spiro atoms. The largest absolute Gasteiger partial charge is 0.390 e. The molecule has 0 N–H and O–H groups in total. The number of aromatic nitrogens is 2. The number of hydrogen-bond acceptors (Lipinski definition) is 4. The number of amides is 1. The van der Waals surface area contributed by atoms with Gasteiger partial charge < -0.3 is 14.3 Å². The van der Waals surface area contributed by atoms with Gasteiger partial charge in [-0.3, -0.25) is 9.78 Å². The Morgan fingerprint density at radius 3 is 2.67 bits per heavy atom. The molecule has 2 aromatic heterocycles. The van der Waals surface area contributed by atoms with Gasteiger partial charge >= 0.3 is 0 Å². The topological polar surface area (TPSA) is 59.7 Å². The van der Waals surface area contributed by atoms with Crippen LogP contribution in [0.1, 0.15) is 28.0 Å². The van der Waals surface area contributed by atoms with Crippen molar-refractivity contribution in [2.24, 2.45) is 5.16 Å². The quantitative estimate of drug-likeness (QED) is 0.408. The molecule has 0 fully saturated rings. The predicted molar refractivity (Wildman–Crippen MR) is 130 cm³/mol. The minimum atomic E-state index is -0.184. The summed E-state index contributed by atoms with van der Waals surface area (Å²) in [6.45, 7) is 1.02. The van der Waals surface area contributed by atoms with Gasteiger partial charge in [0.15, 0.2) is 6.10 Å². The minimum absolute atomic E-state index is 0.0545. The number of hydrogen-bond donors (Lipinski definition) is 0. The normalized spacial score (nSPS) is 15.3. The Labute approximate surface area is 197 Å². The molecule has 0 radical (unpaired) electrons. The van der Waals surface area contributed by atoms with Crippen molar-refractivity contribution in [3.8, 4) is 0 Å². The molecule has 166 valence electrons. The summed E-state index contributed by atoms with van der Waals surface area (Å²) in [5.41, 5.74) is 4.60. The predicted octanol–water partition coefficient (Wildman–Crippen LogP) is 5.00. The van der Waals surface area contributed by atoms with Crippen LogP contribution in [0.4, 0.5) is 0 Å². The molecule has 1 atom stereocenters. The van der Waals surface area contributed by atoms with Crippen LogP contribution in [-0.2, 0) is 11.4 Å². The van der Waals surface area contributed by atoms with E-state index in [1.807, 2.05) is 66.7 Å². The van der Waals surface area contributed by atoms with Crippen molar-refractivity contribution in [1.82, 2.24) is 14.5 Å². The molecule has 1 amide bonds. The van der Waals surface area contributed by atoms with Crippen LogP contribution in [0.2, 0.25) is 5.02 Å². The summed E-state index contributed by atoms with van der Waals surface area (Å²) in [6, 6.07) is 21.5. The Hall–Kier alpha value is -3.64. The molecule has 1 unspecified atom stereocenters. The summed E-state index contributed by atoms with van der Waals surface area (Å²) in [4.78, 5) is 24.9. The minimum Gasteiger partial charge on any atom is -0.390 e. The van der Waals surface area contributed by atoms with Crippen molar-refractivity contribution in [2.75, 3.05) is 13.6 Å². The Bertz CT molecular complexity index is 1320. The molecule has 1 aliphatic heterocycles. The third-order valence-electron chi connectivity index (χ3n) is 5.85. The third kappa shape index (κ3) is 4.47.